The Labute approximate surface area is 237 Å². The van der Waals surface area contributed by atoms with Crippen LogP contribution in [0.3, 0.4) is 0 Å². The van der Waals surface area contributed by atoms with Crippen LogP contribution in [0.2, 0.25) is 0 Å². The van der Waals surface area contributed by atoms with Crippen LogP contribution in [0.1, 0.15) is 0 Å². The standard InChI is InChI=1S/C31H33FN8O/c1-5-23(41-16-15-40(3)4)18-21(19-33-2)25-9-10-26-24(11-13-34-25)29(39-38-26)31-36-27-12-14-35-28(30(27)37-31)20-7-6-8-22(32)17-20/h5-12,14,17-19,33-34,38H,1,13,15-16H2,2-4H3,(H,36,37)/b21-19+,23-18+,24-11-,25-9-,26-10+. The fourth-order valence-electron chi connectivity index (χ4n) is 4.47. The van der Waals surface area contributed by atoms with Crippen molar-refractivity contribution in [1.29, 1.82) is 0 Å². The number of fused-ring (bicyclic) bond motifs is 2. The Kier molecular flexibility index (Phi) is 8.40. The Morgan fingerprint density at radius 3 is 2.88 bits per heavy atom. The third kappa shape index (κ3) is 6.28. The number of hydrogen-bond acceptors (Lipinski definition) is 7. The van der Waals surface area contributed by atoms with Crippen molar-refractivity contribution in [2.75, 3.05) is 40.8 Å². The van der Waals surface area contributed by atoms with Gasteiger partial charge in [-0.05, 0) is 56.6 Å². The molecular weight excluding hydrogens is 519 g/mol. The van der Waals surface area contributed by atoms with Gasteiger partial charge in [-0.1, -0.05) is 24.8 Å². The summed E-state index contributed by atoms with van der Waals surface area (Å²) in [6, 6.07) is 8.20. The van der Waals surface area contributed by atoms with Gasteiger partial charge in [0.05, 0.1) is 16.6 Å². The Morgan fingerprint density at radius 1 is 1.22 bits per heavy atom. The number of pyridine rings is 1. The highest BCUT2D eigenvalue weighted by atomic mass is 19.1. The average Bonchev–Trinajstić information content (AvgIpc) is 3.55. The number of nitrogens with one attached hydrogen (secondary N) is 4. The summed E-state index contributed by atoms with van der Waals surface area (Å²) in [5.41, 5.74) is 5.21. The molecule has 1 aromatic carbocycles. The van der Waals surface area contributed by atoms with E-state index >= 15 is 0 Å². The van der Waals surface area contributed by atoms with E-state index in [1.165, 1.54) is 12.1 Å². The first-order chi connectivity index (χ1) is 20.0. The first-order valence-corrected chi connectivity index (χ1v) is 13.3. The molecule has 4 aromatic rings. The largest absolute Gasteiger partial charge is 0.492 e. The minimum atomic E-state index is -0.323. The van der Waals surface area contributed by atoms with E-state index in [0.29, 0.717) is 47.2 Å². The normalized spacial score (nSPS) is 16.8. The molecule has 10 heteroatoms. The van der Waals surface area contributed by atoms with Gasteiger partial charge in [0.25, 0.3) is 0 Å². The molecule has 0 fully saturated rings. The minimum Gasteiger partial charge on any atom is -0.492 e. The predicted molar refractivity (Wildman–Crippen MR) is 161 cm³/mol. The van der Waals surface area contributed by atoms with Gasteiger partial charge in [0.15, 0.2) is 5.82 Å². The molecule has 0 bridgehead atoms. The molecular formula is C31H33FN8O. The van der Waals surface area contributed by atoms with Crippen LogP contribution in [0, 0.1) is 5.82 Å². The van der Waals surface area contributed by atoms with Crippen LogP contribution in [0.15, 0.2) is 84.6 Å². The van der Waals surface area contributed by atoms with Crippen LogP contribution in [-0.2, 0) is 4.74 Å². The van der Waals surface area contributed by atoms with Crippen molar-refractivity contribution in [3.05, 3.63) is 101 Å². The van der Waals surface area contributed by atoms with Gasteiger partial charge < -0.3 is 25.3 Å². The van der Waals surface area contributed by atoms with Gasteiger partial charge in [-0.15, -0.1) is 0 Å². The Bertz CT molecular complexity index is 1780. The monoisotopic (exact) mass is 552 g/mol. The molecule has 0 atom stereocenters. The number of benzene rings is 1. The zero-order chi connectivity index (χ0) is 28.8. The van der Waals surface area contributed by atoms with Crippen LogP contribution in [-0.4, -0.2) is 70.9 Å². The number of hydrogen-bond donors (Lipinski definition) is 4. The first kappa shape index (κ1) is 27.6. The number of nitrogens with zero attached hydrogens (tertiary/aromatic N) is 4. The summed E-state index contributed by atoms with van der Waals surface area (Å²) >= 11 is 0. The molecule has 41 heavy (non-hydrogen) atoms. The number of imidazole rings is 1. The third-order valence-corrected chi connectivity index (χ3v) is 6.49. The van der Waals surface area contributed by atoms with Crippen LogP contribution in [0.4, 0.5) is 4.39 Å². The predicted octanol–water partition coefficient (Wildman–Crippen LogP) is 2.95. The van der Waals surface area contributed by atoms with Gasteiger partial charge in [0, 0.05) is 54.6 Å². The molecule has 4 heterocycles. The van der Waals surface area contributed by atoms with Crippen molar-refractivity contribution in [2.24, 2.45) is 0 Å². The summed E-state index contributed by atoms with van der Waals surface area (Å²) in [6.07, 6.45) is 13.3. The van der Waals surface area contributed by atoms with Gasteiger partial charge in [0.2, 0.25) is 0 Å². The summed E-state index contributed by atoms with van der Waals surface area (Å²) in [5.74, 6) is 0.960. The van der Waals surface area contributed by atoms with Crippen molar-refractivity contribution >= 4 is 23.2 Å². The smallest absolute Gasteiger partial charge is 0.159 e. The van der Waals surface area contributed by atoms with Gasteiger partial charge >= 0.3 is 0 Å². The second-order valence-corrected chi connectivity index (χ2v) is 9.67. The molecule has 0 saturated carbocycles. The minimum absolute atomic E-state index is 0.323. The van der Waals surface area contributed by atoms with Crippen molar-refractivity contribution in [2.45, 2.75) is 0 Å². The van der Waals surface area contributed by atoms with Gasteiger partial charge in [-0.2, -0.15) is 5.10 Å². The van der Waals surface area contributed by atoms with Crippen molar-refractivity contribution < 1.29 is 9.13 Å². The molecule has 0 unspecified atom stereocenters. The lowest BCUT2D eigenvalue weighted by atomic mass is 10.1. The third-order valence-electron chi connectivity index (χ3n) is 6.49. The van der Waals surface area contributed by atoms with Gasteiger partial charge in [-0.3, -0.25) is 10.1 Å². The lowest BCUT2D eigenvalue weighted by Gasteiger charge is -2.15. The zero-order valence-electron chi connectivity index (χ0n) is 23.3. The molecule has 210 valence electrons. The number of aromatic nitrogens is 5. The van der Waals surface area contributed by atoms with E-state index in [9.17, 15) is 4.39 Å². The van der Waals surface area contributed by atoms with E-state index in [1.807, 2.05) is 57.7 Å². The lowest BCUT2D eigenvalue weighted by molar-refractivity contribution is 0.193. The molecule has 9 nitrogen and oxygen atoms in total. The summed E-state index contributed by atoms with van der Waals surface area (Å²) < 4.78 is 19.8. The fraction of sp³-hybridized carbons (Fsp3) is 0.194. The Morgan fingerprint density at radius 2 is 2.10 bits per heavy atom. The second-order valence-electron chi connectivity index (χ2n) is 9.67. The highest BCUT2D eigenvalue weighted by Crippen LogP contribution is 2.27. The van der Waals surface area contributed by atoms with Gasteiger partial charge in [-0.25, -0.2) is 9.37 Å². The van der Waals surface area contributed by atoms with Crippen LogP contribution in [0.25, 0.3) is 46.0 Å². The highest BCUT2D eigenvalue weighted by molar-refractivity contribution is 5.91. The van der Waals surface area contributed by atoms with E-state index in [4.69, 9.17) is 9.72 Å². The number of allylic oxidation sites excluding steroid dienone is 3. The molecule has 0 aliphatic carbocycles. The van der Waals surface area contributed by atoms with Crippen molar-refractivity contribution in [3.63, 3.8) is 0 Å². The molecule has 0 amide bonds. The van der Waals surface area contributed by atoms with E-state index < -0.39 is 0 Å². The second kappa shape index (κ2) is 12.5. The van der Waals surface area contributed by atoms with Crippen molar-refractivity contribution in [3.8, 4) is 22.8 Å². The number of likely N-dealkylation sites (N-methyl/N-ethyl adjacent to an activating group) is 1. The fourth-order valence-corrected chi connectivity index (χ4v) is 4.47. The number of H-pyrrole nitrogens is 2. The maximum absolute atomic E-state index is 13.9. The highest BCUT2D eigenvalue weighted by Gasteiger charge is 2.15. The summed E-state index contributed by atoms with van der Waals surface area (Å²) in [5, 5.41) is 16.1. The molecule has 3 aromatic heterocycles. The number of rotatable bonds is 10. The average molecular weight is 553 g/mol. The number of aromatic amines is 2. The summed E-state index contributed by atoms with van der Waals surface area (Å²) in [4.78, 5) is 14.7. The van der Waals surface area contributed by atoms with E-state index in [-0.39, 0.29) is 5.82 Å². The summed E-state index contributed by atoms with van der Waals surface area (Å²) in [7, 11) is 5.87. The quantitative estimate of drug-likeness (QED) is 0.177. The SMILES string of the molecule is C=C\C(=C/C(=C\NC)C1=C/C=c2/[nH]nc(-c3nc4c(-c5cccc(F)c5)nccc4[nH]3)/c2=C\CN\1)OCCN(C)C. The molecule has 0 radical (unpaired) electrons. The van der Waals surface area contributed by atoms with E-state index in [0.717, 1.165) is 33.9 Å². The first-order valence-electron chi connectivity index (χ1n) is 13.3. The van der Waals surface area contributed by atoms with E-state index in [2.05, 4.69) is 48.4 Å². The van der Waals surface area contributed by atoms with Crippen LogP contribution in [0.5, 0.6) is 0 Å². The molecule has 0 spiro atoms. The summed E-state index contributed by atoms with van der Waals surface area (Å²) in [6.45, 7) is 5.82. The zero-order valence-corrected chi connectivity index (χ0v) is 23.3. The Hall–Kier alpha value is -4.96. The van der Waals surface area contributed by atoms with Crippen molar-refractivity contribution in [1.82, 2.24) is 40.7 Å². The Balaban J connectivity index is 1.48. The van der Waals surface area contributed by atoms with Gasteiger partial charge in [0.1, 0.15) is 29.4 Å². The number of ether oxygens (including phenoxy) is 1. The molecule has 5 rings (SSSR count). The maximum Gasteiger partial charge on any atom is 0.159 e. The molecule has 4 N–H and O–H groups in total. The molecule has 1 aliphatic heterocycles. The molecule has 0 saturated heterocycles. The van der Waals surface area contributed by atoms with Crippen LogP contribution < -0.4 is 21.2 Å². The van der Waals surface area contributed by atoms with E-state index in [1.54, 1.807) is 18.3 Å². The topological polar surface area (TPSA) is 107 Å². The molecule has 1 aliphatic rings. The lowest BCUT2D eigenvalue weighted by Crippen LogP contribution is -2.28. The maximum atomic E-state index is 13.9. The number of halogens is 1. The van der Waals surface area contributed by atoms with Crippen LogP contribution >= 0.6 is 0 Å².